The molecule has 0 aromatic heterocycles. The molecule has 4 aromatic carbocycles. The summed E-state index contributed by atoms with van der Waals surface area (Å²) in [7, 11) is -2.83. The lowest BCUT2D eigenvalue weighted by atomic mass is 10.0. The largest absolute Gasteiger partial charge is 0.497 e. The molecular formula is C30H29ClN2O7S. The molecular weight excluding hydrogens is 568 g/mol. The fourth-order valence-electron chi connectivity index (χ4n) is 4.71. The van der Waals surface area contributed by atoms with Crippen LogP contribution >= 0.6 is 11.6 Å². The highest BCUT2D eigenvalue weighted by Crippen LogP contribution is 2.38. The Labute approximate surface area is 243 Å². The average molecular weight is 597 g/mol. The lowest BCUT2D eigenvalue weighted by Crippen LogP contribution is -2.36. The number of benzene rings is 4. The van der Waals surface area contributed by atoms with Crippen molar-refractivity contribution in [3.63, 3.8) is 0 Å². The van der Waals surface area contributed by atoms with E-state index >= 15 is 0 Å². The zero-order valence-electron chi connectivity index (χ0n) is 22.4. The predicted octanol–water partition coefficient (Wildman–Crippen LogP) is 5.65. The van der Waals surface area contributed by atoms with Crippen LogP contribution in [0.3, 0.4) is 0 Å². The standard InChI is InChI=1S/C30H29ClN2O7S/c1-20(16-29(34)35)32(18-21-6-5-7-22(31)17-21)27-14-15-28(26-9-4-3-8-25(26)27)33(19-30(36)37)41(38,39)24-12-10-23(40-2)11-13-24/h3-15,17,20H,16,18-19H2,1-2H3,(H,34,35)(H,36,37)/t20-/m0/s1. The number of hydrogen-bond acceptors (Lipinski definition) is 6. The molecule has 9 nitrogen and oxygen atoms in total. The maximum atomic E-state index is 13.8. The summed E-state index contributed by atoms with van der Waals surface area (Å²) >= 11 is 6.21. The number of rotatable bonds is 12. The molecule has 4 aromatic rings. The van der Waals surface area contributed by atoms with Crippen LogP contribution in [0, 0.1) is 0 Å². The van der Waals surface area contributed by atoms with Crippen molar-refractivity contribution in [2.75, 3.05) is 22.9 Å². The first-order chi connectivity index (χ1) is 19.5. The molecule has 0 fully saturated rings. The minimum Gasteiger partial charge on any atom is -0.497 e. The van der Waals surface area contributed by atoms with Gasteiger partial charge in [0.05, 0.1) is 24.1 Å². The van der Waals surface area contributed by atoms with Crippen molar-refractivity contribution in [1.29, 1.82) is 0 Å². The Bertz CT molecular complexity index is 1680. The molecule has 11 heteroatoms. The summed E-state index contributed by atoms with van der Waals surface area (Å²) < 4.78 is 33.5. The first-order valence-electron chi connectivity index (χ1n) is 12.6. The molecule has 0 bridgehead atoms. The molecule has 214 valence electrons. The Morgan fingerprint density at radius 1 is 0.878 bits per heavy atom. The van der Waals surface area contributed by atoms with Crippen LogP contribution in [0.4, 0.5) is 11.4 Å². The molecule has 0 aliphatic rings. The number of halogens is 1. The number of sulfonamides is 1. The van der Waals surface area contributed by atoms with Gasteiger partial charge in [-0.3, -0.25) is 13.9 Å². The molecule has 0 amide bonds. The van der Waals surface area contributed by atoms with E-state index in [0.29, 0.717) is 33.8 Å². The lowest BCUT2D eigenvalue weighted by molar-refractivity contribution is -0.137. The highest BCUT2D eigenvalue weighted by Gasteiger charge is 2.30. The van der Waals surface area contributed by atoms with Crippen molar-refractivity contribution in [3.05, 3.63) is 95.5 Å². The number of fused-ring (bicyclic) bond motifs is 1. The molecule has 0 aliphatic heterocycles. The van der Waals surface area contributed by atoms with E-state index in [1.54, 1.807) is 55.5 Å². The second kappa shape index (κ2) is 12.5. The fourth-order valence-corrected chi connectivity index (χ4v) is 6.35. The highest BCUT2D eigenvalue weighted by atomic mass is 35.5. The molecule has 0 unspecified atom stereocenters. The van der Waals surface area contributed by atoms with E-state index in [1.807, 2.05) is 17.0 Å². The molecule has 0 aliphatic carbocycles. The van der Waals surface area contributed by atoms with Gasteiger partial charge in [0.15, 0.2) is 0 Å². The van der Waals surface area contributed by atoms with Gasteiger partial charge in [-0.1, -0.05) is 48.0 Å². The zero-order chi connectivity index (χ0) is 29.7. The third-order valence-electron chi connectivity index (χ3n) is 6.63. The first kappa shape index (κ1) is 29.7. The van der Waals surface area contributed by atoms with Crippen molar-refractivity contribution >= 4 is 55.7 Å². The van der Waals surface area contributed by atoms with Gasteiger partial charge in [0, 0.05) is 34.1 Å². The van der Waals surface area contributed by atoms with E-state index < -0.39 is 34.5 Å². The summed E-state index contributed by atoms with van der Waals surface area (Å²) in [5.74, 6) is -1.83. The van der Waals surface area contributed by atoms with Gasteiger partial charge in [-0.15, -0.1) is 0 Å². The Balaban J connectivity index is 1.88. The van der Waals surface area contributed by atoms with Crippen LogP contribution in [0.1, 0.15) is 18.9 Å². The van der Waals surface area contributed by atoms with Crippen LogP contribution in [0.25, 0.3) is 10.8 Å². The van der Waals surface area contributed by atoms with E-state index in [1.165, 1.54) is 31.4 Å². The number of anilines is 2. The van der Waals surface area contributed by atoms with E-state index in [-0.39, 0.29) is 17.0 Å². The third-order valence-corrected chi connectivity index (χ3v) is 8.64. The van der Waals surface area contributed by atoms with Gasteiger partial charge in [-0.2, -0.15) is 0 Å². The molecule has 4 rings (SSSR count). The number of aliphatic carboxylic acids is 2. The Kier molecular flexibility index (Phi) is 9.05. The van der Waals surface area contributed by atoms with Crippen LogP contribution < -0.4 is 13.9 Å². The van der Waals surface area contributed by atoms with E-state index in [0.717, 1.165) is 9.87 Å². The second-order valence-corrected chi connectivity index (χ2v) is 11.7. The van der Waals surface area contributed by atoms with Crippen LogP contribution in [-0.4, -0.2) is 50.3 Å². The topological polar surface area (TPSA) is 124 Å². The minimum atomic E-state index is -4.29. The highest BCUT2D eigenvalue weighted by molar-refractivity contribution is 7.92. The van der Waals surface area contributed by atoms with Gasteiger partial charge < -0.3 is 19.8 Å². The van der Waals surface area contributed by atoms with Crippen molar-refractivity contribution in [2.24, 2.45) is 0 Å². The van der Waals surface area contributed by atoms with Crippen molar-refractivity contribution in [3.8, 4) is 5.75 Å². The van der Waals surface area contributed by atoms with Crippen LogP contribution in [-0.2, 0) is 26.2 Å². The molecule has 0 saturated heterocycles. The van der Waals surface area contributed by atoms with Crippen LogP contribution in [0.15, 0.2) is 89.8 Å². The molecule has 0 heterocycles. The summed E-state index contributed by atoms with van der Waals surface area (Å²) in [6, 6.07) is 22.8. The second-order valence-electron chi connectivity index (χ2n) is 9.44. The molecule has 41 heavy (non-hydrogen) atoms. The minimum absolute atomic E-state index is 0.0922. The van der Waals surface area contributed by atoms with Gasteiger partial charge in [0.1, 0.15) is 12.3 Å². The van der Waals surface area contributed by atoms with Gasteiger partial charge in [-0.05, 0) is 61.0 Å². The fraction of sp³-hybridized carbons (Fsp3) is 0.200. The Morgan fingerprint density at radius 3 is 2.10 bits per heavy atom. The number of nitrogens with zero attached hydrogens (tertiary/aromatic N) is 2. The number of methoxy groups -OCH3 is 1. The number of carboxylic acid groups (broad SMARTS) is 2. The van der Waals surface area contributed by atoms with Crippen molar-refractivity contribution in [2.45, 2.75) is 30.8 Å². The quantitative estimate of drug-likeness (QED) is 0.215. The number of hydrogen-bond donors (Lipinski definition) is 2. The van der Waals surface area contributed by atoms with Gasteiger partial charge >= 0.3 is 11.9 Å². The predicted molar refractivity (Wildman–Crippen MR) is 158 cm³/mol. The monoisotopic (exact) mass is 596 g/mol. The maximum Gasteiger partial charge on any atom is 0.324 e. The number of carbonyl (C=O) groups is 2. The lowest BCUT2D eigenvalue weighted by Gasteiger charge is -2.33. The molecule has 0 saturated carbocycles. The normalized spacial score (nSPS) is 12.1. The maximum absolute atomic E-state index is 13.8. The summed E-state index contributed by atoms with van der Waals surface area (Å²) in [6.07, 6.45) is -0.145. The van der Waals surface area contributed by atoms with Crippen molar-refractivity contribution < 1.29 is 33.0 Å². The summed E-state index contributed by atoms with van der Waals surface area (Å²) in [5, 5.41) is 20.9. The van der Waals surface area contributed by atoms with E-state index in [2.05, 4.69) is 0 Å². The van der Waals surface area contributed by atoms with E-state index in [4.69, 9.17) is 16.3 Å². The SMILES string of the molecule is COc1ccc(S(=O)(=O)N(CC(=O)O)c2ccc(N(Cc3cccc(Cl)c3)[C@@H](C)CC(=O)O)c3ccccc23)cc1. The molecule has 1 atom stereocenters. The number of carboxylic acids is 2. The van der Waals surface area contributed by atoms with Crippen LogP contribution in [0.2, 0.25) is 5.02 Å². The average Bonchev–Trinajstić information content (AvgIpc) is 2.94. The van der Waals surface area contributed by atoms with Gasteiger partial charge in [0.25, 0.3) is 10.0 Å². The first-order valence-corrected chi connectivity index (χ1v) is 14.5. The summed E-state index contributed by atoms with van der Waals surface area (Å²) in [6.45, 7) is 1.33. The Morgan fingerprint density at radius 2 is 1.51 bits per heavy atom. The zero-order valence-corrected chi connectivity index (χ0v) is 24.0. The summed E-state index contributed by atoms with van der Waals surface area (Å²) in [4.78, 5) is 25.4. The Hall–Kier alpha value is -4.28. The van der Waals surface area contributed by atoms with Gasteiger partial charge in [-0.25, -0.2) is 8.42 Å². The van der Waals surface area contributed by atoms with Crippen LogP contribution in [0.5, 0.6) is 5.75 Å². The molecule has 2 N–H and O–H groups in total. The molecule has 0 radical (unpaired) electrons. The van der Waals surface area contributed by atoms with Crippen molar-refractivity contribution in [1.82, 2.24) is 0 Å². The van der Waals surface area contributed by atoms with Gasteiger partial charge in [0.2, 0.25) is 0 Å². The van der Waals surface area contributed by atoms with E-state index in [9.17, 15) is 28.2 Å². The third kappa shape index (κ3) is 6.72. The summed E-state index contributed by atoms with van der Waals surface area (Å²) in [5.41, 5.74) is 1.70. The number of ether oxygens (including phenoxy) is 1. The smallest absolute Gasteiger partial charge is 0.324 e. The molecule has 0 spiro atoms.